The Balaban J connectivity index is 1.77. The molecule has 0 atom stereocenters. The van der Waals surface area contributed by atoms with E-state index < -0.39 is 24.5 Å². The number of aliphatic carboxylic acids is 1. The summed E-state index contributed by atoms with van der Waals surface area (Å²) < 4.78 is 24.6. The standard InChI is InChI=1S/C20H17FN2O6/c1-28-17-9-12(8-15-19(26)23(10-18(24)25)20(27)22-15)6-7-16(17)29-11-13-4-2-3-5-14(13)21/h2-9H,10-11H2,1H3,(H,22,27)(H,24,25)/p-1/b15-8+. The summed E-state index contributed by atoms with van der Waals surface area (Å²) in [6, 6.07) is 10.1. The van der Waals surface area contributed by atoms with Crippen molar-refractivity contribution in [1.29, 1.82) is 0 Å². The Morgan fingerprint density at radius 3 is 2.66 bits per heavy atom. The van der Waals surface area contributed by atoms with Crippen LogP contribution in [0, 0.1) is 5.82 Å². The zero-order valence-corrected chi connectivity index (χ0v) is 15.3. The quantitative estimate of drug-likeness (QED) is 0.551. The molecule has 150 valence electrons. The summed E-state index contributed by atoms with van der Waals surface area (Å²) in [5, 5.41) is 13.0. The number of hydrogen-bond donors (Lipinski definition) is 1. The van der Waals surface area contributed by atoms with Crippen LogP contribution in [0.3, 0.4) is 0 Å². The zero-order chi connectivity index (χ0) is 21.0. The molecule has 2 aromatic rings. The highest BCUT2D eigenvalue weighted by Gasteiger charge is 2.33. The van der Waals surface area contributed by atoms with Gasteiger partial charge in [0, 0.05) is 5.56 Å². The Bertz CT molecular complexity index is 1000. The molecule has 1 heterocycles. The van der Waals surface area contributed by atoms with E-state index in [1.807, 2.05) is 0 Å². The highest BCUT2D eigenvalue weighted by atomic mass is 19.1. The van der Waals surface area contributed by atoms with Crippen molar-refractivity contribution in [2.24, 2.45) is 0 Å². The lowest BCUT2D eigenvalue weighted by Gasteiger charge is -2.12. The fourth-order valence-electron chi connectivity index (χ4n) is 2.68. The molecule has 3 amide bonds. The van der Waals surface area contributed by atoms with Gasteiger partial charge < -0.3 is 24.7 Å². The molecule has 0 aromatic heterocycles. The molecule has 1 N–H and O–H groups in total. The summed E-state index contributed by atoms with van der Waals surface area (Å²) in [5.41, 5.74) is 0.797. The minimum Gasteiger partial charge on any atom is -0.548 e. The summed E-state index contributed by atoms with van der Waals surface area (Å²) in [7, 11) is 1.42. The number of benzene rings is 2. The Morgan fingerprint density at radius 2 is 1.97 bits per heavy atom. The van der Waals surface area contributed by atoms with Crippen molar-refractivity contribution in [3.05, 3.63) is 65.1 Å². The molecule has 1 saturated heterocycles. The molecule has 1 aliphatic heterocycles. The van der Waals surface area contributed by atoms with E-state index in [1.165, 1.54) is 19.3 Å². The number of urea groups is 1. The van der Waals surface area contributed by atoms with Gasteiger partial charge in [-0.15, -0.1) is 0 Å². The fourth-order valence-corrected chi connectivity index (χ4v) is 2.68. The number of amides is 3. The van der Waals surface area contributed by atoms with Crippen LogP contribution in [0.2, 0.25) is 0 Å². The van der Waals surface area contributed by atoms with Crippen molar-refractivity contribution in [1.82, 2.24) is 10.2 Å². The van der Waals surface area contributed by atoms with Crippen molar-refractivity contribution in [3.63, 3.8) is 0 Å². The normalized spacial score (nSPS) is 14.8. The molecule has 0 unspecified atom stereocenters. The lowest BCUT2D eigenvalue weighted by molar-refractivity contribution is -0.305. The second kappa shape index (κ2) is 8.42. The molecular weight excluding hydrogens is 383 g/mol. The second-order valence-corrected chi connectivity index (χ2v) is 6.04. The number of nitrogens with zero attached hydrogens (tertiary/aromatic N) is 1. The molecule has 0 bridgehead atoms. The van der Waals surface area contributed by atoms with Crippen LogP contribution in [0.4, 0.5) is 9.18 Å². The maximum absolute atomic E-state index is 13.7. The van der Waals surface area contributed by atoms with E-state index in [0.717, 1.165) is 0 Å². The third-order valence-corrected chi connectivity index (χ3v) is 4.09. The molecule has 0 spiro atoms. The summed E-state index contributed by atoms with van der Waals surface area (Å²) in [5.74, 6) is -2.02. The third-order valence-electron chi connectivity index (χ3n) is 4.09. The van der Waals surface area contributed by atoms with Gasteiger partial charge >= 0.3 is 6.03 Å². The minimum atomic E-state index is -1.55. The smallest absolute Gasteiger partial charge is 0.329 e. The number of ether oxygens (including phenoxy) is 2. The van der Waals surface area contributed by atoms with Crippen molar-refractivity contribution in [2.45, 2.75) is 6.61 Å². The maximum Gasteiger partial charge on any atom is 0.329 e. The lowest BCUT2D eigenvalue weighted by Crippen LogP contribution is -2.41. The molecule has 1 aliphatic rings. The average molecular weight is 399 g/mol. The number of carbonyl (C=O) groups excluding carboxylic acids is 3. The van der Waals surface area contributed by atoms with Gasteiger partial charge in [-0.3, -0.25) is 9.69 Å². The lowest BCUT2D eigenvalue weighted by atomic mass is 10.1. The van der Waals surface area contributed by atoms with Gasteiger partial charge in [-0.1, -0.05) is 24.3 Å². The fraction of sp³-hybridized carbons (Fsp3) is 0.150. The number of carbonyl (C=O) groups is 3. The number of rotatable bonds is 7. The van der Waals surface area contributed by atoms with Crippen LogP contribution in [0.15, 0.2) is 48.2 Å². The molecule has 0 radical (unpaired) electrons. The van der Waals surface area contributed by atoms with Crippen LogP contribution in [0.25, 0.3) is 6.08 Å². The van der Waals surface area contributed by atoms with Gasteiger partial charge in [0.2, 0.25) is 0 Å². The molecule has 2 aromatic carbocycles. The summed E-state index contributed by atoms with van der Waals surface area (Å²) in [4.78, 5) is 35.1. The van der Waals surface area contributed by atoms with Gasteiger partial charge in [0.05, 0.1) is 19.6 Å². The number of carboxylic acid groups (broad SMARTS) is 1. The van der Waals surface area contributed by atoms with E-state index in [2.05, 4.69) is 5.32 Å². The van der Waals surface area contributed by atoms with Crippen molar-refractivity contribution < 1.29 is 33.4 Å². The van der Waals surface area contributed by atoms with Crippen LogP contribution in [0.1, 0.15) is 11.1 Å². The van der Waals surface area contributed by atoms with Crippen LogP contribution < -0.4 is 19.9 Å². The monoisotopic (exact) mass is 399 g/mol. The topological polar surface area (TPSA) is 108 Å². The summed E-state index contributed by atoms with van der Waals surface area (Å²) in [6.07, 6.45) is 1.37. The van der Waals surface area contributed by atoms with Gasteiger partial charge in [-0.05, 0) is 29.8 Å². The number of imide groups is 1. The van der Waals surface area contributed by atoms with Crippen LogP contribution in [-0.2, 0) is 16.2 Å². The molecule has 29 heavy (non-hydrogen) atoms. The molecule has 0 aliphatic carbocycles. The van der Waals surface area contributed by atoms with Crippen LogP contribution in [0.5, 0.6) is 11.5 Å². The SMILES string of the molecule is COc1cc(/C=C2/NC(=O)N(CC(=O)[O-])C2=O)ccc1OCc1ccccc1F. The van der Waals surface area contributed by atoms with E-state index in [4.69, 9.17) is 9.47 Å². The van der Waals surface area contributed by atoms with Gasteiger partial charge in [-0.25, -0.2) is 9.18 Å². The van der Waals surface area contributed by atoms with E-state index in [9.17, 15) is 23.9 Å². The first-order valence-corrected chi connectivity index (χ1v) is 8.47. The predicted molar refractivity (Wildman–Crippen MR) is 97.0 cm³/mol. The first-order chi connectivity index (χ1) is 13.9. The molecule has 3 rings (SSSR count). The average Bonchev–Trinajstić information content (AvgIpc) is 2.95. The number of methoxy groups -OCH3 is 1. The highest BCUT2D eigenvalue weighted by Crippen LogP contribution is 2.30. The van der Waals surface area contributed by atoms with Gasteiger partial charge in [0.25, 0.3) is 5.91 Å². The van der Waals surface area contributed by atoms with E-state index in [0.29, 0.717) is 27.5 Å². The van der Waals surface area contributed by atoms with Crippen LogP contribution >= 0.6 is 0 Å². The largest absolute Gasteiger partial charge is 0.548 e. The summed E-state index contributed by atoms with van der Waals surface area (Å²) in [6.45, 7) is -0.843. The molecule has 0 saturated carbocycles. The van der Waals surface area contributed by atoms with Crippen molar-refractivity contribution in [2.75, 3.05) is 13.7 Å². The number of halogens is 1. The number of carboxylic acids is 1. The Morgan fingerprint density at radius 1 is 1.21 bits per heavy atom. The van der Waals surface area contributed by atoms with Gasteiger partial charge in [-0.2, -0.15) is 0 Å². The Hall–Kier alpha value is -3.88. The molecule has 8 nitrogen and oxygen atoms in total. The van der Waals surface area contributed by atoms with E-state index in [1.54, 1.807) is 36.4 Å². The van der Waals surface area contributed by atoms with E-state index in [-0.39, 0.29) is 18.1 Å². The Kier molecular flexibility index (Phi) is 5.77. The van der Waals surface area contributed by atoms with Crippen LogP contribution in [-0.4, -0.2) is 36.5 Å². The molecule has 9 heteroatoms. The zero-order valence-electron chi connectivity index (χ0n) is 15.3. The Labute approximate surface area is 165 Å². The highest BCUT2D eigenvalue weighted by molar-refractivity contribution is 6.15. The second-order valence-electron chi connectivity index (χ2n) is 6.04. The van der Waals surface area contributed by atoms with E-state index >= 15 is 0 Å². The molecule has 1 fully saturated rings. The maximum atomic E-state index is 13.7. The first kappa shape index (κ1) is 19.9. The van der Waals surface area contributed by atoms with Crippen molar-refractivity contribution >= 4 is 24.0 Å². The molecular formula is C20H16FN2O6-. The number of nitrogens with one attached hydrogen (secondary N) is 1. The third kappa shape index (κ3) is 4.52. The number of hydrogen-bond acceptors (Lipinski definition) is 6. The predicted octanol–water partition coefficient (Wildman–Crippen LogP) is 1.06. The van der Waals surface area contributed by atoms with Gasteiger partial charge in [0.15, 0.2) is 11.5 Å². The van der Waals surface area contributed by atoms with Crippen molar-refractivity contribution in [3.8, 4) is 11.5 Å². The summed E-state index contributed by atoms with van der Waals surface area (Å²) >= 11 is 0. The van der Waals surface area contributed by atoms with Gasteiger partial charge in [0.1, 0.15) is 18.1 Å². The first-order valence-electron chi connectivity index (χ1n) is 8.47. The minimum absolute atomic E-state index is 0.00377.